The van der Waals surface area contributed by atoms with Crippen LogP contribution in [0.2, 0.25) is 0 Å². The third-order valence-corrected chi connectivity index (χ3v) is 3.53. The summed E-state index contributed by atoms with van der Waals surface area (Å²) in [6.45, 7) is 1.95. The van der Waals surface area contributed by atoms with E-state index in [1.807, 2.05) is 19.1 Å². The number of benzene rings is 2. The van der Waals surface area contributed by atoms with E-state index in [-0.39, 0.29) is 11.8 Å². The molecule has 3 rings (SSSR count). The number of nitrogens with one attached hydrogen (secondary N) is 2. The maximum atomic E-state index is 12.1. The molecule has 0 aliphatic rings. The Balaban J connectivity index is 1.63. The van der Waals surface area contributed by atoms with Crippen molar-refractivity contribution in [1.29, 1.82) is 0 Å². The molecule has 3 aromatic rings. The maximum Gasteiger partial charge on any atom is 0.269 e. The minimum absolute atomic E-state index is 0.368. The lowest BCUT2D eigenvalue weighted by Gasteiger charge is -2.08. The van der Waals surface area contributed by atoms with Gasteiger partial charge in [0, 0.05) is 23.0 Å². The fourth-order valence-corrected chi connectivity index (χ4v) is 2.24. The van der Waals surface area contributed by atoms with E-state index in [9.17, 15) is 9.59 Å². The topological polar surface area (TPSA) is 76.0 Å². The molecular formula is C18H16N4O2. The average Bonchev–Trinajstić information content (AvgIpc) is 3.06. The number of carbonyl (C=O) groups excluding carboxylic acids is 2. The maximum absolute atomic E-state index is 12.1. The van der Waals surface area contributed by atoms with Crippen LogP contribution < -0.4 is 10.9 Å². The van der Waals surface area contributed by atoms with Crippen LogP contribution in [0.25, 0.3) is 5.69 Å². The summed E-state index contributed by atoms with van der Waals surface area (Å²) in [4.78, 5) is 24.0. The van der Waals surface area contributed by atoms with Crippen LogP contribution in [-0.2, 0) is 0 Å². The van der Waals surface area contributed by atoms with Crippen molar-refractivity contribution in [3.63, 3.8) is 0 Å². The first-order valence-corrected chi connectivity index (χ1v) is 7.42. The summed E-state index contributed by atoms with van der Waals surface area (Å²) in [5.74, 6) is -0.754. The summed E-state index contributed by atoms with van der Waals surface area (Å²) in [5, 5.41) is 4.21. The highest BCUT2D eigenvalue weighted by Crippen LogP contribution is 2.11. The van der Waals surface area contributed by atoms with Crippen molar-refractivity contribution in [2.75, 3.05) is 0 Å². The van der Waals surface area contributed by atoms with Gasteiger partial charge in [-0.15, -0.1) is 0 Å². The molecule has 0 fully saturated rings. The van der Waals surface area contributed by atoms with Crippen LogP contribution in [-0.4, -0.2) is 21.6 Å². The fourth-order valence-electron chi connectivity index (χ4n) is 2.24. The monoisotopic (exact) mass is 320 g/mol. The molecule has 0 aliphatic carbocycles. The van der Waals surface area contributed by atoms with E-state index in [1.165, 1.54) is 0 Å². The lowest BCUT2D eigenvalue weighted by atomic mass is 10.2. The van der Waals surface area contributed by atoms with Crippen molar-refractivity contribution in [1.82, 2.24) is 20.6 Å². The van der Waals surface area contributed by atoms with Gasteiger partial charge in [-0.2, -0.15) is 5.10 Å². The number of nitrogens with zero attached hydrogens (tertiary/aromatic N) is 2. The van der Waals surface area contributed by atoms with E-state index in [0.29, 0.717) is 11.1 Å². The van der Waals surface area contributed by atoms with Gasteiger partial charge in [-0.1, -0.05) is 18.2 Å². The van der Waals surface area contributed by atoms with Crippen LogP contribution in [0.3, 0.4) is 0 Å². The third-order valence-electron chi connectivity index (χ3n) is 3.53. The van der Waals surface area contributed by atoms with E-state index < -0.39 is 0 Å². The molecule has 1 aromatic heterocycles. The first-order valence-electron chi connectivity index (χ1n) is 7.42. The van der Waals surface area contributed by atoms with Gasteiger partial charge in [0.2, 0.25) is 0 Å². The molecule has 2 aromatic carbocycles. The first kappa shape index (κ1) is 15.5. The van der Waals surface area contributed by atoms with E-state index >= 15 is 0 Å². The summed E-state index contributed by atoms with van der Waals surface area (Å²) in [7, 11) is 0. The Kier molecular flexibility index (Phi) is 4.38. The molecule has 120 valence electrons. The van der Waals surface area contributed by atoms with Gasteiger partial charge in [-0.25, -0.2) is 4.68 Å². The molecule has 6 heteroatoms. The van der Waals surface area contributed by atoms with Crippen LogP contribution in [0, 0.1) is 6.92 Å². The number of carbonyl (C=O) groups is 2. The third kappa shape index (κ3) is 3.33. The SMILES string of the molecule is Cc1ccnn1-c1ccc(C(=O)NNC(=O)c2ccccc2)cc1. The quantitative estimate of drug-likeness (QED) is 0.727. The molecule has 0 bridgehead atoms. The first-order chi connectivity index (χ1) is 11.6. The lowest BCUT2D eigenvalue weighted by molar-refractivity contribution is 0.0846. The predicted octanol–water partition coefficient (Wildman–Crippen LogP) is 2.26. The van der Waals surface area contributed by atoms with Crippen molar-refractivity contribution in [3.05, 3.63) is 83.7 Å². The van der Waals surface area contributed by atoms with Gasteiger partial charge in [-0.3, -0.25) is 20.4 Å². The summed E-state index contributed by atoms with van der Waals surface area (Å²) in [5.41, 5.74) is 7.58. The van der Waals surface area contributed by atoms with Crippen LogP contribution in [0.15, 0.2) is 66.9 Å². The van der Waals surface area contributed by atoms with Gasteiger partial charge in [-0.05, 0) is 49.4 Å². The molecule has 0 radical (unpaired) electrons. The lowest BCUT2D eigenvalue weighted by Crippen LogP contribution is -2.41. The minimum atomic E-state index is -0.386. The highest BCUT2D eigenvalue weighted by atomic mass is 16.2. The molecule has 6 nitrogen and oxygen atoms in total. The molecule has 0 spiro atoms. The Bertz CT molecular complexity index is 854. The normalized spacial score (nSPS) is 10.2. The fraction of sp³-hybridized carbons (Fsp3) is 0.0556. The molecule has 2 N–H and O–H groups in total. The summed E-state index contributed by atoms with van der Waals surface area (Å²) in [6, 6.07) is 17.5. The summed E-state index contributed by atoms with van der Waals surface area (Å²) >= 11 is 0. The molecule has 24 heavy (non-hydrogen) atoms. The van der Waals surface area contributed by atoms with Crippen LogP contribution in [0.1, 0.15) is 26.4 Å². The number of rotatable bonds is 3. The highest BCUT2D eigenvalue weighted by molar-refractivity contribution is 5.99. The number of hydrogen-bond donors (Lipinski definition) is 2. The number of aryl methyl sites for hydroxylation is 1. The van der Waals surface area contributed by atoms with Crippen molar-refractivity contribution >= 4 is 11.8 Å². The van der Waals surface area contributed by atoms with Crippen LogP contribution in [0.4, 0.5) is 0 Å². The highest BCUT2D eigenvalue weighted by Gasteiger charge is 2.09. The predicted molar refractivity (Wildman–Crippen MR) is 89.7 cm³/mol. The summed E-state index contributed by atoms with van der Waals surface area (Å²) < 4.78 is 1.78. The molecule has 1 heterocycles. The van der Waals surface area contributed by atoms with Gasteiger partial charge in [0.15, 0.2) is 0 Å². The van der Waals surface area contributed by atoms with Gasteiger partial charge < -0.3 is 0 Å². The van der Waals surface area contributed by atoms with Crippen molar-refractivity contribution in [2.24, 2.45) is 0 Å². The Hall–Kier alpha value is -3.41. The van der Waals surface area contributed by atoms with Crippen LogP contribution in [0.5, 0.6) is 0 Å². The Morgan fingerprint density at radius 3 is 1.96 bits per heavy atom. The minimum Gasteiger partial charge on any atom is -0.267 e. The van der Waals surface area contributed by atoms with Gasteiger partial charge in [0.05, 0.1) is 5.69 Å². The van der Waals surface area contributed by atoms with Gasteiger partial charge >= 0.3 is 0 Å². The van der Waals surface area contributed by atoms with E-state index in [2.05, 4.69) is 16.0 Å². The van der Waals surface area contributed by atoms with E-state index in [1.54, 1.807) is 59.4 Å². The smallest absolute Gasteiger partial charge is 0.267 e. The zero-order valence-corrected chi connectivity index (χ0v) is 13.1. The van der Waals surface area contributed by atoms with Crippen molar-refractivity contribution in [3.8, 4) is 5.69 Å². The number of amides is 2. The standard InChI is InChI=1S/C18H16N4O2/c1-13-11-12-19-22(13)16-9-7-15(8-10-16)18(24)21-20-17(23)14-5-3-2-4-6-14/h2-12H,1H3,(H,20,23)(H,21,24). The molecule has 0 saturated heterocycles. The zero-order valence-electron chi connectivity index (χ0n) is 13.1. The summed E-state index contributed by atoms with van der Waals surface area (Å²) in [6.07, 6.45) is 1.72. The molecule has 0 atom stereocenters. The molecule has 2 amide bonds. The zero-order chi connectivity index (χ0) is 16.9. The second kappa shape index (κ2) is 6.78. The van der Waals surface area contributed by atoms with Crippen LogP contribution >= 0.6 is 0 Å². The average molecular weight is 320 g/mol. The molecule has 0 aliphatic heterocycles. The van der Waals surface area contributed by atoms with Gasteiger partial charge in [0.25, 0.3) is 11.8 Å². The molecule has 0 saturated carbocycles. The second-order valence-corrected chi connectivity index (χ2v) is 5.21. The van der Waals surface area contributed by atoms with Crippen molar-refractivity contribution in [2.45, 2.75) is 6.92 Å². The second-order valence-electron chi connectivity index (χ2n) is 5.21. The largest absolute Gasteiger partial charge is 0.269 e. The number of hydrazine groups is 1. The molecular weight excluding hydrogens is 304 g/mol. The van der Waals surface area contributed by atoms with E-state index in [4.69, 9.17) is 0 Å². The van der Waals surface area contributed by atoms with Crippen molar-refractivity contribution < 1.29 is 9.59 Å². The Morgan fingerprint density at radius 2 is 1.42 bits per heavy atom. The van der Waals surface area contributed by atoms with Gasteiger partial charge in [0.1, 0.15) is 0 Å². The van der Waals surface area contributed by atoms with E-state index in [0.717, 1.165) is 11.4 Å². The Labute approximate surface area is 139 Å². The molecule has 0 unspecified atom stereocenters. The Morgan fingerprint density at radius 1 is 0.833 bits per heavy atom. The number of aromatic nitrogens is 2. The number of hydrogen-bond acceptors (Lipinski definition) is 3.